The van der Waals surface area contributed by atoms with Crippen molar-refractivity contribution >= 4 is 5.97 Å². The van der Waals surface area contributed by atoms with E-state index in [1.807, 2.05) is 0 Å². The first-order valence-corrected chi connectivity index (χ1v) is 5.47. The Morgan fingerprint density at radius 2 is 2.32 bits per heavy atom. The lowest BCUT2D eigenvalue weighted by Gasteiger charge is -1.96. The average molecular weight is 268 g/mol. The van der Waals surface area contributed by atoms with Gasteiger partial charge in [0.15, 0.2) is 11.5 Å². The minimum atomic E-state index is -1.24. The van der Waals surface area contributed by atoms with Crippen LogP contribution in [0, 0.1) is 0 Å². The molecule has 1 N–H and O–H groups in total. The maximum absolute atomic E-state index is 11.0. The molecule has 0 aliphatic carbocycles. The van der Waals surface area contributed by atoms with Crippen LogP contribution in [0.3, 0.4) is 0 Å². The van der Waals surface area contributed by atoms with Gasteiger partial charge in [0, 0.05) is 13.2 Å². The first-order chi connectivity index (χ1) is 9.15. The highest BCUT2D eigenvalue weighted by Crippen LogP contribution is 2.27. The van der Waals surface area contributed by atoms with Gasteiger partial charge >= 0.3 is 11.9 Å². The third kappa shape index (κ3) is 2.74. The molecule has 0 atom stereocenters. The standard InChI is InChI=1S/C11H12N2O6/c1-3-17-11-8(10(14)15)12-9(18-11)7-4-6(5-16-2)19-13-7/h4H,3,5H2,1-2H3,(H,14,15). The van der Waals surface area contributed by atoms with Gasteiger partial charge in [-0.1, -0.05) is 5.16 Å². The van der Waals surface area contributed by atoms with E-state index < -0.39 is 5.97 Å². The monoisotopic (exact) mass is 268 g/mol. The van der Waals surface area contributed by atoms with E-state index in [2.05, 4.69) is 10.1 Å². The zero-order valence-electron chi connectivity index (χ0n) is 10.4. The number of aromatic carboxylic acids is 1. The number of aromatic nitrogens is 2. The second-order valence-corrected chi connectivity index (χ2v) is 3.50. The Bertz CT molecular complexity index is 574. The number of ether oxygens (including phenoxy) is 2. The third-order valence-corrected chi connectivity index (χ3v) is 2.14. The fraction of sp³-hybridized carbons (Fsp3) is 0.364. The number of oxazole rings is 1. The zero-order valence-corrected chi connectivity index (χ0v) is 10.4. The molecule has 0 unspecified atom stereocenters. The number of hydrogen-bond acceptors (Lipinski definition) is 7. The van der Waals surface area contributed by atoms with Crippen molar-refractivity contribution in [2.45, 2.75) is 13.5 Å². The van der Waals surface area contributed by atoms with Crippen LogP contribution in [0.1, 0.15) is 23.2 Å². The maximum atomic E-state index is 11.0. The van der Waals surface area contributed by atoms with Crippen molar-refractivity contribution in [3.8, 4) is 17.5 Å². The van der Waals surface area contributed by atoms with Gasteiger partial charge in [-0.05, 0) is 6.92 Å². The van der Waals surface area contributed by atoms with Gasteiger partial charge < -0.3 is 23.5 Å². The molecule has 0 saturated heterocycles. The van der Waals surface area contributed by atoms with Crippen LogP contribution >= 0.6 is 0 Å². The smallest absolute Gasteiger partial charge is 0.362 e. The van der Waals surface area contributed by atoms with Gasteiger partial charge in [-0.3, -0.25) is 0 Å². The van der Waals surface area contributed by atoms with Gasteiger partial charge in [-0.2, -0.15) is 4.98 Å². The fourth-order valence-electron chi connectivity index (χ4n) is 1.40. The lowest BCUT2D eigenvalue weighted by Crippen LogP contribution is -2.01. The topological polar surface area (TPSA) is 108 Å². The molecule has 2 heterocycles. The second-order valence-electron chi connectivity index (χ2n) is 3.50. The van der Waals surface area contributed by atoms with Crippen molar-refractivity contribution in [2.24, 2.45) is 0 Å². The van der Waals surface area contributed by atoms with Gasteiger partial charge in [0.1, 0.15) is 6.61 Å². The molecule has 102 valence electrons. The number of methoxy groups -OCH3 is 1. The van der Waals surface area contributed by atoms with E-state index in [0.717, 1.165) is 0 Å². The van der Waals surface area contributed by atoms with Gasteiger partial charge in [0.2, 0.25) is 5.69 Å². The first-order valence-electron chi connectivity index (χ1n) is 5.47. The molecule has 0 aliphatic rings. The van der Waals surface area contributed by atoms with Crippen LogP contribution in [0.2, 0.25) is 0 Å². The Morgan fingerprint density at radius 1 is 1.53 bits per heavy atom. The molecule has 2 aromatic rings. The van der Waals surface area contributed by atoms with Gasteiger partial charge in [-0.15, -0.1) is 0 Å². The van der Waals surface area contributed by atoms with E-state index in [0.29, 0.717) is 5.76 Å². The Labute approximate surface area is 107 Å². The minimum absolute atomic E-state index is 0.0203. The maximum Gasteiger partial charge on any atom is 0.362 e. The lowest BCUT2D eigenvalue weighted by molar-refractivity contribution is 0.0683. The van der Waals surface area contributed by atoms with Crippen molar-refractivity contribution in [1.82, 2.24) is 10.1 Å². The third-order valence-electron chi connectivity index (χ3n) is 2.14. The number of nitrogens with zero attached hydrogens (tertiary/aromatic N) is 2. The summed E-state index contributed by atoms with van der Waals surface area (Å²) in [4.78, 5) is 14.8. The quantitative estimate of drug-likeness (QED) is 0.841. The molecule has 0 spiro atoms. The van der Waals surface area contributed by atoms with E-state index in [9.17, 15) is 4.79 Å². The summed E-state index contributed by atoms with van der Waals surface area (Å²) in [6, 6.07) is 1.55. The summed E-state index contributed by atoms with van der Waals surface area (Å²) >= 11 is 0. The highest BCUT2D eigenvalue weighted by Gasteiger charge is 2.23. The molecular weight excluding hydrogens is 256 g/mol. The van der Waals surface area contributed by atoms with E-state index in [4.69, 9.17) is 23.5 Å². The van der Waals surface area contributed by atoms with Crippen molar-refractivity contribution in [1.29, 1.82) is 0 Å². The Balaban J connectivity index is 2.33. The van der Waals surface area contributed by atoms with Crippen LogP contribution < -0.4 is 4.74 Å². The van der Waals surface area contributed by atoms with Crippen molar-refractivity contribution < 1.29 is 28.3 Å². The number of hydrogen-bond donors (Lipinski definition) is 1. The van der Waals surface area contributed by atoms with Gasteiger partial charge in [0.25, 0.3) is 5.89 Å². The van der Waals surface area contributed by atoms with Crippen molar-refractivity contribution in [3.63, 3.8) is 0 Å². The number of rotatable bonds is 6. The van der Waals surface area contributed by atoms with E-state index >= 15 is 0 Å². The molecule has 8 nitrogen and oxygen atoms in total. The molecule has 19 heavy (non-hydrogen) atoms. The summed E-state index contributed by atoms with van der Waals surface area (Å²) in [7, 11) is 1.52. The lowest BCUT2D eigenvalue weighted by atomic mass is 10.3. The summed E-state index contributed by atoms with van der Waals surface area (Å²) in [6.07, 6.45) is 0. The molecular formula is C11H12N2O6. The minimum Gasteiger partial charge on any atom is -0.476 e. The van der Waals surface area contributed by atoms with Crippen LogP contribution in [0.15, 0.2) is 15.0 Å². The van der Waals surface area contributed by atoms with E-state index in [1.165, 1.54) is 7.11 Å². The SMILES string of the molecule is CCOc1oc(-c2cc(COC)on2)nc1C(=O)O. The largest absolute Gasteiger partial charge is 0.476 e. The summed E-state index contributed by atoms with van der Waals surface area (Å²) in [6.45, 7) is 2.22. The van der Waals surface area contributed by atoms with Crippen molar-refractivity contribution in [2.75, 3.05) is 13.7 Å². The van der Waals surface area contributed by atoms with Crippen LogP contribution in [0.5, 0.6) is 5.95 Å². The van der Waals surface area contributed by atoms with Gasteiger partial charge in [-0.25, -0.2) is 4.79 Å². The van der Waals surface area contributed by atoms with E-state index in [-0.39, 0.29) is 36.4 Å². The molecule has 0 saturated carbocycles. The summed E-state index contributed by atoms with van der Waals surface area (Å²) in [5.41, 5.74) is -0.0198. The summed E-state index contributed by atoms with van der Waals surface area (Å²) < 4.78 is 20.1. The molecule has 0 fully saturated rings. The number of carboxylic acid groups (broad SMARTS) is 1. The van der Waals surface area contributed by atoms with Crippen LogP contribution in [-0.2, 0) is 11.3 Å². The van der Waals surface area contributed by atoms with Gasteiger partial charge in [0.05, 0.1) is 6.61 Å². The van der Waals surface area contributed by atoms with Crippen molar-refractivity contribution in [3.05, 3.63) is 17.5 Å². The molecule has 0 aliphatic heterocycles. The second kappa shape index (κ2) is 5.53. The number of carboxylic acids is 1. The fourth-order valence-corrected chi connectivity index (χ4v) is 1.40. The summed E-state index contributed by atoms with van der Waals surface area (Å²) in [5.74, 6) is -0.891. The predicted molar refractivity (Wildman–Crippen MR) is 60.8 cm³/mol. The first kappa shape index (κ1) is 13.1. The molecule has 2 rings (SSSR count). The molecule has 0 radical (unpaired) electrons. The van der Waals surface area contributed by atoms with Crippen LogP contribution in [0.25, 0.3) is 11.6 Å². The zero-order chi connectivity index (χ0) is 13.8. The van der Waals surface area contributed by atoms with Crippen LogP contribution in [-0.4, -0.2) is 34.9 Å². The van der Waals surface area contributed by atoms with E-state index in [1.54, 1.807) is 13.0 Å². The number of carbonyl (C=O) groups is 1. The highest BCUT2D eigenvalue weighted by atomic mass is 16.6. The Morgan fingerprint density at radius 3 is 2.95 bits per heavy atom. The average Bonchev–Trinajstić information content (AvgIpc) is 2.96. The Hall–Kier alpha value is -2.35. The Kier molecular flexibility index (Phi) is 3.81. The molecule has 0 bridgehead atoms. The highest BCUT2D eigenvalue weighted by molar-refractivity contribution is 5.88. The van der Waals surface area contributed by atoms with Crippen LogP contribution in [0.4, 0.5) is 0 Å². The molecule has 0 amide bonds. The molecule has 0 aromatic carbocycles. The predicted octanol–water partition coefficient (Wildman–Crippen LogP) is 1.57. The normalized spacial score (nSPS) is 10.6. The molecule has 8 heteroatoms. The summed E-state index contributed by atoms with van der Waals surface area (Å²) in [5, 5.41) is 12.7. The molecule has 2 aromatic heterocycles.